The van der Waals surface area contributed by atoms with Crippen LogP contribution >= 0.6 is 0 Å². The fourth-order valence-corrected chi connectivity index (χ4v) is 3.01. The maximum Gasteiger partial charge on any atom is 0.251 e. The van der Waals surface area contributed by atoms with Crippen molar-refractivity contribution in [3.8, 4) is 11.5 Å². The summed E-state index contributed by atoms with van der Waals surface area (Å²) in [6.07, 6.45) is 0.189. The summed E-state index contributed by atoms with van der Waals surface area (Å²) in [5.41, 5.74) is 0.457. The van der Waals surface area contributed by atoms with Crippen LogP contribution in [0, 0.1) is 0 Å². The molecule has 1 aromatic rings. The Morgan fingerprint density at radius 3 is 2.52 bits per heavy atom. The van der Waals surface area contributed by atoms with Gasteiger partial charge in [-0.25, -0.2) is 4.90 Å². The van der Waals surface area contributed by atoms with Crippen molar-refractivity contribution in [2.45, 2.75) is 12.5 Å². The molecule has 3 rings (SSSR count). The monoisotopic (exact) mass is 320 g/mol. The molecule has 0 spiro atoms. The second-order valence-electron chi connectivity index (χ2n) is 5.47. The molecule has 2 aliphatic rings. The van der Waals surface area contributed by atoms with Crippen molar-refractivity contribution < 1.29 is 23.8 Å². The topological polar surface area (TPSA) is 68.3 Å². The molecule has 0 bridgehead atoms. The van der Waals surface area contributed by atoms with E-state index in [0.29, 0.717) is 43.5 Å². The summed E-state index contributed by atoms with van der Waals surface area (Å²) >= 11 is 0. The van der Waals surface area contributed by atoms with Gasteiger partial charge in [0.25, 0.3) is 5.91 Å². The molecule has 7 nitrogen and oxygen atoms in total. The third-order valence-electron chi connectivity index (χ3n) is 4.24. The number of rotatable bonds is 4. The molecule has 1 atom stereocenters. The summed E-state index contributed by atoms with van der Waals surface area (Å²) in [5.74, 6) is 0.624. The van der Waals surface area contributed by atoms with Gasteiger partial charge in [0, 0.05) is 19.2 Å². The molecular formula is C16H20N2O5. The Morgan fingerprint density at radius 2 is 1.87 bits per heavy atom. The Hall–Kier alpha value is -2.12. The predicted octanol–water partition coefficient (Wildman–Crippen LogP) is 0.668. The molecular weight excluding hydrogens is 300 g/mol. The number of morpholine rings is 1. The molecule has 0 radical (unpaired) electrons. The van der Waals surface area contributed by atoms with Crippen LogP contribution in [0.5, 0.6) is 11.5 Å². The molecule has 0 saturated carbocycles. The molecule has 1 unspecified atom stereocenters. The van der Waals surface area contributed by atoms with E-state index in [9.17, 15) is 9.59 Å². The molecule has 0 aromatic heterocycles. The zero-order valence-electron chi connectivity index (χ0n) is 13.3. The number of imide groups is 1. The SMILES string of the molecule is COc1ccc(N2C(=O)CC(N3CCOCC3)C2=O)c(OC)c1. The van der Waals surface area contributed by atoms with Crippen LogP contribution in [0.15, 0.2) is 18.2 Å². The summed E-state index contributed by atoms with van der Waals surface area (Å²) in [5, 5.41) is 0. The molecule has 0 aliphatic carbocycles. The largest absolute Gasteiger partial charge is 0.497 e. The molecule has 7 heteroatoms. The lowest BCUT2D eigenvalue weighted by atomic mass is 10.2. The molecule has 2 amide bonds. The van der Waals surface area contributed by atoms with Crippen molar-refractivity contribution in [3.05, 3.63) is 18.2 Å². The normalized spacial score (nSPS) is 22.5. The summed E-state index contributed by atoms with van der Waals surface area (Å²) in [4.78, 5) is 28.4. The van der Waals surface area contributed by atoms with Gasteiger partial charge in [-0.15, -0.1) is 0 Å². The van der Waals surface area contributed by atoms with Gasteiger partial charge in [-0.1, -0.05) is 0 Å². The van der Waals surface area contributed by atoms with Gasteiger partial charge in [0.15, 0.2) is 0 Å². The molecule has 2 fully saturated rings. The highest BCUT2D eigenvalue weighted by Crippen LogP contribution is 2.36. The van der Waals surface area contributed by atoms with Gasteiger partial charge in [-0.3, -0.25) is 14.5 Å². The van der Waals surface area contributed by atoms with Gasteiger partial charge in [0.05, 0.1) is 45.6 Å². The van der Waals surface area contributed by atoms with Crippen molar-refractivity contribution in [1.29, 1.82) is 0 Å². The zero-order valence-corrected chi connectivity index (χ0v) is 13.3. The Morgan fingerprint density at radius 1 is 1.13 bits per heavy atom. The van der Waals surface area contributed by atoms with Crippen LogP contribution < -0.4 is 14.4 Å². The van der Waals surface area contributed by atoms with E-state index >= 15 is 0 Å². The third-order valence-corrected chi connectivity index (χ3v) is 4.24. The van der Waals surface area contributed by atoms with Crippen LogP contribution in [-0.2, 0) is 14.3 Å². The van der Waals surface area contributed by atoms with Gasteiger partial charge in [-0.05, 0) is 12.1 Å². The van der Waals surface area contributed by atoms with E-state index in [2.05, 4.69) is 0 Å². The van der Waals surface area contributed by atoms with Crippen molar-refractivity contribution in [1.82, 2.24) is 4.90 Å². The summed E-state index contributed by atoms with van der Waals surface area (Å²) in [6, 6.07) is 4.63. The van der Waals surface area contributed by atoms with E-state index in [1.807, 2.05) is 4.90 Å². The number of carbonyl (C=O) groups is 2. The standard InChI is InChI=1S/C16H20N2O5/c1-21-11-3-4-12(14(9-11)22-2)18-15(19)10-13(16(18)20)17-5-7-23-8-6-17/h3-4,9,13H,5-8,10H2,1-2H3. The van der Waals surface area contributed by atoms with E-state index in [-0.39, 0.29) is 18.2 Å². The first kappa shape index (κ1) is 15.8. The summed E-state index contributed by atoms with van der Waals surface area (Å²) in [7, 11) is 3.05. The number of amides is 2. The third kappa shape index (κ3) is 2.89. The predicted molar refractivity (Wildman–Crippen MR) is 82.8 cm³/mol. The number of hydrogen-bond donors (Lipinski definition) is 0. The van der Waals surface area contributed by atoms with Gasteiger partial charge in [0.1, 0.15) is 11.5 Å². The lowest BCUT2D eigenvalue weighted by Crippen LogP contribution is -2.47. The van der Waals surface area contributed by atoms with Crippen LogP contribution in [0.2, 0.25) is 0 Å². The first-order chi connectivity index (χ1) is 11.2. The van der Waals surface area contributed by atoms with Crippen molar-refractivity contribution in [3.63, 3.8) is 0 Å². The van der Waals surface area contributed by atoms with Gasteiger partial charge in [0.2, 0.25) is 5.91 Å². The number of carbonyl (C=O) groups excluding carboxylic acids is 2. The van der Waals surface area contributed by atoms with Gasteiger partial charge >= 0.3 is 0 Å². The van der Waals surface area contributed by atoms with E-state index in [4.69, 9.17) is 14.2 Å². The number of ether oxygens (including phenoxy) is 3. The van der Waals surface area contributed by atoms with Crippen molar-refractivity contribution in [2.24, 2.45) is 0 Å². The molecule has 2 heterocycles. The van der Waals surface area contributed by atoms with Crippen LogP contribution in [0.3, 0.4) is 0 Å². The first-order valence-corrected chi connectivity index (χ1v) is 7.56. The number of methoxy groups -OCH3 is 2. The fourth-order valence-electron chi connectivity index (χ4n) is 3.01. The minimum Gasteiger partial charge on any atom is -0.497 e. The maximum absolute atomic E-state index is 12.8. The molecule has 0 N–H and O–H groups in total. The number of benzene rings is 1. The Bertz CT molecular complexity index is 612. The Kier molecular flexibility index (Phi) is 4.49. The van der Waals surface area contributed by atoms with Crippen molar-refractivity contribution >= 4 is 17.5 Å². The highest BCUT2D eigenvalue weighted by Gasteiger charge is 2.43. The van der Waals surface area contributed by atoms with Gasteiger partial charge < -0.3 is 14.2 Å². The quantitative estimate of drug-likeness (QED) is 0.760. The highest BCUT2D eigenvalue weighted by molar-refractivity contribution is 6.23. The molecule has 1 aromatic carbocycles. The van der Waals surface area contributed by atoms with Crippen LogP contribution in [0.4, 0.5) is 5.69 Å². The fraction of sp³-hybridized carbons (Fsp3) is 0.500. The van der Waals surface area contributed by atoms with Crippen molar-refractivity contribution in [2.75, 3.05) is 45.4 Å². The number of anilines is 1. The molecule has 2 aliphatic heterocycles. The Labute approximate surface area is 134 Å². The minimum atomic E-state index is -0.418. The second-order valence-corrected chi connectivity index (χ2v) is 5.47. The van der Waals surface area contributed by atoms with E-state index < -0.39 is 6.04 Å². The lowest BCUT2D eigenvalue weighted by Gasteiger charge is -2.30. The smallest absolute Gasteiger partial charge is 0.251 e. The second kappa shape index (κ2) is 6.55. The van der Waals surface area contributed by atoms with Crippen LogP contribution in [0.1, 0.15) is 6.42 Å². The highest BCUT2D eigenvalue weighted by atomic mass is 16.5. The van der Waals surface area contributed by atoms with E-state index in [1.54, 1.807) is 25.3 Å². The molecule has 2 saturated heterocycles. The van der Waals surface area contributed by atoms with E-state index in [0.717, 1.165) is 0 Å². The van der Waals surface area contributed by atoms with Gasteiger partial charge in [-0.2, -0.15) is 0 Å². The molecule has 23 heavy (non-hydrogen) atoms. The van der Waals surface area contributed by atoms with Crippen LogP contribution in [0.25, 0.3) is 0 Å². The lowest BCUT2D eigenvalue weighted by molar-refractivity contribution is -0.123. The Balaban J connectivity index is 1.88. The zero-order chi connectivity index (χ0) is 16.4. The number of nitrogens with zero attached hydrogens (tertiary/aromatic N) is 2. The summed E-state index contributed by atoms with van der Waals surface area (Å²) < 4.78 is 15.8. The van der Waals surface area contributed by atoms with E-state index in [1.165, 1.54) is 12.0 Å². The maximum atomic E-state index is 12.8. The average molecular weight is 320 g/mol. The van der Waals surface area contributed by atoms with Crippen LogP contribution in [-0.4, -0.2) is 63.3 Å². The molecule has 124 valence electrons. The average Bonchev–Trinajstić information content (AvgIpc) is 2.89. The first-order valence-electron chi connectivity index (χ1n) is 7.56. The summed E-state index contributed by atoms with van der Waals surface area (Å²) in [6.45, 7) is 2.50. The minimum absolute atomic E-state index is 0.189. The number of hydrogen-bond acceptors (Lipinski definition) is 6.